The molecule has 0 bridgehead atoms. The Morgan fingerprint density at radius 1 is 1.42 bits per heavy atom. The van der Waals surface area contributed by atoms with E-state index in [1.165, 1.54) is 10.6 Å². The van der Waals surface area contributed by atoms with Crippen LogP contribution in [0.25, 0.3) is 0 Å². The minimum atomic E-state index is -0.783. The number of aliphatic hydroxyl groups excluding tert-OH is 1. The van der Waals surface area contributed by atoms with E-state index in [0.29, 0.717) is 25.5 Å². The van der Waals surface area contributed by atoms with E-state index in [1.807, 2.05) is 4.90 Å². The van der Waals surface area contributed by atoms with E-state index < -0.39 is 29.7 Å². The van der Waals surface area contributed by atoms with Crippen LogP contribution in [0, 0.1) is 11.6 Å². The highest BCUT2D eigenvalue weighted by molar-refractivity contribution is 6.31. The molecular weight excluding hydrogens is 434 g/mol. The molecule has 1 aromatic heterocycles. The van der Waals surface area contributed by atoms with Crippen LogP contribution in [0.15, 0.2) is 23.0 Å². The van der Waals surface area contributed by atoms with Crippen LogP contribution in [0.1, 0.15) is 31.9 Å². The summed E-state index contributed by atoms with van der Waals surface area (Å²) in [6.07, 6.45) is 0.597. The first-order valence-corrected chi connectivity index (χ1v) is 10.1. The SMILES string of the molecule is CC(C)n1c(N2CC[C@H](NC(=O)CO)C2)nc(OCc2ccc(F)cc2F)c(Cl)c1=O. The molecule has 31 heavy (non-hydrogen) atoms. The number of aromatic nitrogens is 2. The molecule has 2 N–H and O–H groups in total. The summed E-state index contributed by atoms with van der Waals surface area (Å²) in [4.78, 5) is 30.6. The topological polar surface area (TPSA) is 96.7 Å². The third kappa shape index (κ3) is 5.13. The number of carbonyl (C=O) groups is 1. The lowest BCUT2D eigenvalue weighted by molar-refractivity contribution is -0.124. The number of nitrogens with zero attached hydrogens (tertiary/aromatic N) is 3. The van der Waals surface area contributed by atoms with Gasteiger partial charge in [0.15, 0.2) is 5.02 Å². The van der Waals surface area contributed by atoms with Crippen LogP contribution in [0.5, 0.6) is 5.88 Å². The Kier molecular flexibility index (Phi) is 7.11. The van der Waals surface area contributed by atoms with Gasteiger partial charge in [0, 0.05) is 36.8 Å². The van der Waals surface area contributed by atoms with E-state index in [2.05, 4.69) is 10.3 Å². The normalized spacial score (nSPS) is 16.1. The fraction of sp³-hybridized carbons (Fsp3) is 0.450. The second kappa shape index (κ2) is 9.61. The van der Waals surface area contributed by atoms with Crippen LogP contribution in [0.4, 0.5) is 14.7 Å². The predicted molar refractivity (Wildman–Crippen MR) is 110 cm³/mol. The molecule has 8 nitrogen and oxygen atoms in total. The number of hydrogen-bond donors (Lipinski definition) is 2. The highest BCUT2D eigenvalue weighted by Gasteiger charge is 2.29. The smallest absolute Gasteiger partial charge is 0.277 e. The van der Waals surface area contributed by atoms with Crippen LogP contribution in [-0.4, -0.2) is 46.3 Å². The number of rotatable bonds is 7. The Morgan fingerprint density at radius 2 is 2.16 bits per heavy atom. The zero-order chi connectivity index (χ0) is 22.7. The molecule has 1 atom stereocenters. The number of anilines is 1. The Morgan fingerprint density at radius 3 is 2.81 bits per heavy atom. The molecule has 3 rings (SSSR count). The van der Waals surface area contributed by atoms with Crippen molar-refractivity contribution in [3.05, 3.63) is 50.8 Å². The number of carbonyl (C=O) groups excluding carboxylic acids is 1. The quantitative estimate of drug-likeness (QED) is 0.661. The van der Waals surface area contributed by atoms with Crippen LogP contribution in [-0.2, 0) is 11.4 Å². The first-order chi connectivity index (χ1) is 14.7. The number of aliphatic hydroxyl groups is 1. The molecular formula is C20H23ClF2N4O4. The average Bonchev–Trinajstić information content (AvgIpc) is 3.17. The van der Waals surface area contributed by atoms with Gasteiger partial charge >= 0.3 is 0 Å². The van der Waals surface area contributed by atoms with E-state index in [1.54, 1.807) is 13.8 Å². The van der Waals surface area contributed by atoms with Crippen LogP contribution in [0.2, 0.25) is 5.02 Å². The number of nitrogens with one attached hydrogen (secondary N) is 1. The van der Waals surface area contributed by atoms with Crippen LogP contribution >= 0.6 is 11.6 Å². The standard InChI is InChI=1S/C20H23ClF2N4O4/c1-11(2)27-19(30)17(21)18(31-10-12-3-4-13(22)7-15(12)23)25-20(27)26-6-5-14(8-26)24-16(29)9-28/h3-4,7,11,14,28H,5-6,8-10H2,1-2H3,(H,24,29)/t14-/m0/s1. The van der Waals surface area contributed by atoms with Crippen molar-refractivity contribution in [2.75, 3.05) is 24.6 Å². The average molecular weight is 457 g/mol. The fourth-order valence-corrected chi connectivity index (χ4v) is 3.57. The molecule has 1 fully saturated rings. The lowest BCUT2D eigenvalue weighted by atomic mass is 10.2. The van der Waals surface area contributed by atoms with Crippen molar-refractivity contribution in [3.8, 4) is 5.88 Å². The molecule has 1 aromatic carbocycles. The second-order valence-electron chi connectivity index (χ2n) is 7.48. The summed E-state index contributed by atoms with van der Waals surface area (Å²) in [7, 11) is 0. The summed E-state index contributed by atoms with van der Waals surface area (Å²) in [6.45, 7) is 3.58. The molecule has 0 saturated carbocycles. The molecule has 1 saturated heterocycles. The summed E-state index contributed by atoms with van der Waals surface area (Å²) >= 11 is 6.19. The largest absolute Gasteiger partial charge is 0.471 e. The molecule has 0 radical (unpaired) electrons. The third-order valence-electron chi connectivity index (χ3n) is 4.89. The van der Waals surface area contributed by atoms with Crippen molar-refractivity contribution < 1.29 is 23.4 Å². The third-order valence-corrected chi connectivity index (χ3v) is 5.21. The van der Waals surface area contributed by atoms with Gasteiger partial charge in [0.25, 0.3) is 5.56 Å². The molecule has 2 aromatic rings. The highest BCUT2D eigenvalue weighted by Crippen LogP contribution is 2.27. The van der Waals surface area contributed by atoms with Gasteiger partial charge in [-0.15, -0.1) is 0 Å². The number of amides is 1. The Hall–Kier alpha value is -2.72. The summed E-state index contributed by atoms with van der Waals surface area (Å²) < 4.78 is 33.9. The number of benzene rings is 1. The summed E-state index contributed by atoms with van der Waals surface area (Å²) in [5, 5.41) is 11.4. The molecule has 1 amide bonds. The molecule has 2 heterocycles. The van der Waals surface area contributed by atoms with E-state index in [4.69, 9.17) is 21.4 Å². The molecule has 1 aliphatic rings. The lowest BCUT2D eigenvalue weighted by Gasteiger charge is -2.25. The van der Waals surface area contributed by atoms with Gasteiger partial charge in [-0.2, -0.15) is 4.98 Å². The van der Waals surface area contributed by atoms with Gasteiger partial charge in [-0.05, 0) is 32.4 Å². The number of ether oxygens (including phenoxy) is 1. The first kappa shape index (κ1) is 23.0. The molecule has 168 valence electrons. The van der Waals surface area contributed by atoms with Gasteiger partial charge in [0.05, 0.1) is 0 Å². The molecule has 0 spiro atoms. The van der Waals surface area contributed by atoms with Gasteiger partial charge in [0.2, 0.25) is 17.7 Å². The minimum Gasteiger partial charge on any atom is -0.471 e. The fourth-order valence-electron chi connectivity index (χ4n) is 3.38. The van der Waals surface area contributed by atoms with Crippen LogP contribution in [0.3, 0.4) is 0 Å². The zero-order valence-corrected chi connectivity index (χ0v) is 17.8. The lowest BCUT2D eigenvalue weighted by Crippen LogP contribution is -2.40. The maximum Gasteiger partial charge on any atom is 0.277 e. The highest BCUT2D eigenvalue weighted by atomic mass is 35.5. The summed E-state index contributed by atoms with van der Waals surface area (Å²) in [5.74, 6) is -1.84. The predicted octanol–water partition coefficient (Wildman–Crippen LogP) is 2.02. The van der Waals surface area contributed by atoms with Crippen molar-refractivity contribution in [1.29, 1.82) is 0 Å². The monoisotopic (exact) mass is 456 g/mol. The Balaban J connectivity index is 1.89. The molecule has 1 aliphatic heterocycles. The molecule has 0 aliphatic carbocycles. The van der Waals surface area contributed by atoms with Gasteiger partial charge in [-0.25, -0.2) is 8.78 Å². The second-order valence-corrected chi connectivity index (χ2v) is 7.86. The van der Waals surface area contributed by atoms with Gasteiger partial charge < -0.3 is 20.1 Å². The van der Waals surface area contributed by atoms with E-state index in [9.17, 15) is 18.4 Å². The molecule has 11 heteroatoms. The minimum absolute atomic E-state index is 0.0850. The van der Waals surface area contributed by atoms with E-state index in [-0.39, 0.29) is 35.2 Å². The van der Waals surface area contributed by atoms with Gasteiger partial charge in [-0.3, -0.25) is 14.2 Å². The number of hydrogen-bond acceptors (Lipinski definition) is 6. The Labute approximate surface area is 182 Å². The van der Waals surface area contributed by atoms with Gasteiger partial charge in [0.1, 0.15) is 24.8 Å². The van der Waals surface area contributed by atoms with Crippen molar-refractivity contribution in [1.82, 2.24) is 14.9 Å². The first-order valence-electron chi connectivity index (χ1n) is 9.75. The van der Waals surface area contributed by atoms with Crippen molar-refractivity contribution in [3.63, 3.8) is 0 Å². The maximum absolute atomic E-state index is 13.9. The maximum atomic E-state index is 13.9. The Bertz CT molecular complexity index is 1030. The van der Waals surface area contributed by atoms with Crippen molar-refractivity contribution in [2.24, 2.45) is 0 Å². The molecule has 0 unspecified atom stereocenters. The van der Waals surface area contributed by atoms with Crippen molar-refractivity contribution >= 4 is 23.5 Å². The summed E-state index contributed by atoms with van der Waals surface area (Å²) in [6, 6.07) is 2.60. The van der Waals surface area contributed by atoms with E-state index >= 15 is 0 Å². The number of halogens is 3. The summed E-state index contributed by atoms with van der Waals surface area (Å²) in [5.41, 5.74) is -0.430. The van der Waals surface area contributed by atoms with Gasteiger partial charge in [-0.1, -0.05) is 11.6 Å². The van der Waals surface area contributed by atoms with Crippen molar-refractivity contribution in [2.45, 2.75) is 39.0 Å². The zero-order valence-electron chi connectivity index (χ0n) is 17.1. The van der Waals surface area contributed by atoms with E-state index in [0.717, 1.165) is 12.1 Å². The van der Waals surface area contributed by atoms with Crippen LogP contribution < -0.4 is 20.5 Å².